The van der Waals surface area contributed by atoms with Crippen molar-refractivity contribution in [1.29, 1.82) is 0 Å². The minimum Gasteiger partial charge on any atom is -0.373 e. The minimum absolute atomic E-state index is 0.644. The van der Waals surface area contributed by atoms with E-state index >= 15 is 0 Å². The molecule has 1 N–H and O–H groups in total. The van der Waals surface area contributed by atoms with Crippen LogP contribution in [0.2, 0.25) is 0 Å². The van der Waals surface area contributed by atoms with Crippen molar-refractivity contribution in [2.24, 2.45) is 0 Å². The molecule has 1 fully saturated rings. The Morgan fingerprint density at radius 3 is 2.46 bits per heavy atom. The van der Waals surface area contributed by atoms with E-state index in [0.717, 1.165) is 59.7 Å². The normalized spacial score (nSPS) is 14.0. The van der Waals surface area contributed by atoms with E-state index < -0.39 is 6.55 Å². The van der Waals surface area contributed by atoms with Gasteiger partial charge in [0.2, 0.25) is 0 Å². The molecule has 1 aliphatic heterocycles. The van der Waals surface area contributed by atoms with Gasteiger partial charge in [-0.05, 0) is 47.8 Å². The fraction of sp³-hybridized carbons (Fsp3) is 0.269. The standard InChI is InChI=1S/C14H12F2N4.C12H17N3/c1-17-13-5-11-4-9(2-3-10(11)6-18-13)12-7-19-20(8-12)14(15)16;1-3-11-4-5-13-12(10-11)15-8-6-14(2)7-9-15/h2-8,14H,1H3,(H,17,18);3-5,10H,1,6-9H2,2H3. The first kappa shape index (κ1) is 24.3. The summed E-state index contributed by atoms with van der Waals surface area (Å²) < 4.78 is 25.7. The third-order valence-electron chi connectivity index (χ3n) is 5.95. The van der Waals surface area contributed by atoms with Gasteiger partial charge in [0.1, 0.15) is 11.6 Å². The molecule has 0 bridgehead atoms. The molecule has 3 aromatic heterocycles. The van der Waals surface area contributed by atoms with Crippen molar-refractivity contribution in [3.8, 4) is 11.1 Å². The van der Waals surface area contributed by atoms with Crippen molar-refractivity contribution < 1.29 is 8.78 Å². The van der Waals surface area contributed by atoms with E-state index in [0.29, 0.717) is 10.2 Å². The molecule has 0 amide bonds. The summed E-state index contributed by atoms with van der Waals surface area (Å²) in [4.78, 5) is 13.3. The molecule has 5 rings (SSSR count). The van der Waals surface area contributed by atoms with Crippen LogP contribution in [0.5, 0.6) is 0 Å². The molecular weight excluding hydrogens is 448 g/mol. The van der Waals surface area contributed by atoms with Gasteiger partial charge in [-0.3, -0.25) is 0 Å². The van der Waals surface area contributed by atoms with Crippen LogP contribution in [0.15, 0.2) is 67.8 Å². The van der Waals surface area contributed by atoms with E-state index in [2.05, 4.69) is 49.9 Å². The molecule has 9 heteroatoms. The average molecular weight is 478 g/mol. The first-order valence-corrected chi connectivity index (χ1v) is 11.4. The first-order valence-electron chi connectivity index (χ1n) is 11.4. The number of likely N-dealkylation sites (N-methyl/N-ethyl adjacent to an activating group) is 1. The van der Waals surface area contributed by atoms with E-state index in [-0.39, 0.29) is 0 Å². The number of aromatic nitrogens is 4. The number of pyridine rings is 2. The maximum Gasteiger partial charge on any atom is 0.333 e. The number of alkyl halides is 2. The summed E-state index contributed by atoms with van der Waals surface area (Å²) in [6.07, 6.45) is 8.26. The molecule has 0 aliphatic carbocycles. The fourth-order valence-electron chi connectivity index (χ4n) is 3.82. The van der Waals surface area contributed by atoms with Gasteiger partial charge >= 0.3 is 6.55 Å². The molecule has 1 aromatic carbocycles. The molecule has 35 heavy (non-hydrogen) atoms. The second-order valence-electron chi connectivity index (χ2n) is 8.31. The summed E-state index contributed by atoms with van der Waals surface area (Å²) >= 11 is 0. The van der Waals surface area contributed by atoms with Gasteiger partial charge < -0.3 is 15.1 Å². The van der Waals surface area contributed by atoms with Crippen LogP contribution in [0.1, 0.15) is 12.1 Å². The van der Waals surface area contributed by atoms with Gasteiger partial charge in [-0.1, -0.05) is 24.8 Å². The molecular formula is C26H29F2N7. The maximum atomic E-state index is 12.5. The lowest BCUT2D eigenvalue weighted by atomic mass is 10.1. The van der Waals surface area contributed by atoms with Crippen LogP contribution < -0.4 is 10.2 Å². The number of nitrogens with zero attached hydrogens (tertiary/aromatic N) is 6. The highest BCUT2D eigenvalue weighted by Gasteiger charge is 2.15. The third kappa shape index (κ3) is 5.99. The van der Waals surface area contributed by atoms with Crippen LogP contribution >= 0.6 is 0 Å². The van der Waals surface area contributed by atoms with Crippen LogP contribution in [0, 0.1) is 0 Å². The Kier molecular flexibility index (Phi) is 7.67. The monoisotopic (exact) mass is 477 g/mol. The lowest BCUT2D eigenvalue weighted by Gasteiger charge is -2.33. The van der Waals surface area contributed by atoms with E-state index in [1.807, 2.05) is 42.6 Å². The minimum atomic E-state index is -2.62. The van der Waals surface area contributed by atoms with Crippen molar-refractivity contribution >= 4 is 28.5 Å². The van der Waals surface area contributed by atoms with Crippen molar-refractivity contribution in [3.63, 3.8) is 0 Å². The molecule has 1 aliphatic rings. The summed E-state index contributed by atoms with van der Waals surface area (Å²) in [7, 11) is 3.95. The van der Waals surface area contributed by atoms with Gasteiger partial charge in [0.25, 0.3) is 0 Å². The highest BCUT2D eigenvalue weighted by molar-refractivity contribution is 5.88. The van der Waals surface area contributed by atoms with Gasteiger partial charge in [-0.2, -0.15) is 13.9 Å². The Bertz CT molecular complexity index is 1280. The lowest BCUT2D eigenvalue weighted by Crippen LogP contribution is -2.44. The van der Waals surface area contributed by atoms with Crippen LogP contribution in [-0.4, -0.2) is 64.9 Å². The zero-order chi connectivity index (χ0) is 24.8. The average Bonchev–Trinajstić information content (AvgIpc) is 3.40. The Balaban J connectivity index is 0.000000172. The summed E-state index contributed by atoms with van der Waals surface area (Å²) in [6.45, 7) is 5.50. The van der Waals surface area contributed by atoms with Gasteiger partial charge in [-0.15, -0.1) is 0 Å². The molecule has 0 spiro atoms. The number of piperazine rings is 1. The fourth-order valence-corrected chi connectivity index (χ4v) is 3.82. The summed E-state index contributed by atoms with van der Waals surface area (Å²) in [6, 6.07) is 11.7. The van der Waals surface area contributed by atoms with Gasteiger partial charge in [0.05, 0.1) is 6.20 Å². The Labute approximate surface area is 203 Å². The van der Waals surface area contributed by atoms with Crippen molar-refractivity contribution in [3.05, 3.63) is 73.3 Å². The smallest absolute Gasteiger partial charge is 0.333 e. The molecule has 0 unspecified atom stereocenters. The SMILES string of the molecule is C=Cc1ccnc(N2CCN(C)CC2)c1.CNc1cc2cc(-c3cnn(C(F)F)c3)ccc2cn1. The number of hydrogen-bond acceptors (Lipinski definition) is 6. The second-order valence-corrected chi connectivity index (χ2v) is 8.31. The van der Waals surface area contributed by atoms with E-state index in [4.69, 9.17) is 0 Å². The highest BCUT2D eigenvalue weighted by atomic mass is 19.3. The molecule has 1 saturated heterocycles. The van der Waals surface area contributed by atoms with E-state index in [9.17, 15) is 8.78 Å². The molecule has 4 heterocycles. The number of rotatable bonds is 5. The van der Waals surface area contributed by atoms with Crippen LogP contribution in [0.3, 0.4) is 0 Å². The molecule has 7 nitrogen and oxygen atoms in total. The van der Waals surface area contributed by atoms with E-state index in [1.54, 1.807) is 13.2 Å². The van der Waals surface area contributed by atoms with Gasteiger partial charge in [0, 0.05) is 62.8 Å². The quantitative estimate of drug-likeness (QED) is 0.436. The number of anilines is 2. The van der Waals surface area contributed by atoms with E-state index in [1.165, 1.54) is 12.4 Å². The third-order valence-corrected chi connectivity index (χ3v) is 5.95. The largest absolute Gasteiger partial charge is 0.373 e. The first-order chi connectivity index (χ1) is 17.0. The zero-order valence-electron chi connectivity index (χ0n) is 19.9. The predicted octanol–water partition coefficient (Wildman–Crippen LogP) is 5.01. The number of fused-ring (bicyclic) bond motifs is 1. The molecule has 0 atom stereocenters. The van der Waals surface area contributed by atoms with Crippen LogP contribution in [-0.2, 0) is 0 Å². The van der Waals surface area contributed by atoms with Crippen molar-refractivity contribution in [1.82, 2.24) is 24.6 Å². The zero-order valence-corrected chi connectivity index (χ0v) is 19.9. The van der Waals surface area contributed by atoms with Crippen molar-refractivity contribution in [2.75, 3.05) is 50.5 Å². The number of benzene rings is 1. The Morgan fingerprint density at radius 1 is 0.971 bits per heavy atom. The number of halogens is 2. The van der Waals surface area contributed by atoms with Gasteiger partial charge in [-0.25, -0.2) is 14.6 Å². The molecule has 4 aromatic rings. The number of nitrogens with one attached hydrogen (secondary N) is 1. The summed E-state index contributed by atoms with van der Waals surface area (Å²) in [5.41, 5.74) is 2.65. The second kappa shape index (κ2) is 11.1. The highest BCUT2D eigenvalue weighted by Crippen LogP contribution is 2.26. The van der Waals surface area contributed by atoms with Crippen molar-refractivity contribution in [2.45, 2.75) is 6.55 Å². The molecule has 182 valence electrons. The van der Waals surface area contributed by atoms with Crippen LogP contribution in [0.4, 0.5) is 20.4 Å². The summed E-state index contributed by atoms with van der Waals surface area (Å²) in [5, 5.41) is 8.61. The topological polar surface area (TPSA) is 62.1 Å². The van der Waals surface area contributed by atoms with Gasteiger partial charge in [0.15, 0.2) is 0 Å². The Hall–Kier alpha value is -3.85. The lowest BCUT2D eigenvalue weighted by molar-refractivity contribution is 0.0566. The predicted molar refractivity (Wildman–Crippen MR) is 138 cm³/mol. The maximum absolute atomic E-state index is 12.5. The molecule has 0 radical (unpaired) electrons. The summed E-state index contributed by atoms with van der Waals surface area (Å²) in [5.74, 6) is 1.83. The van der Waals surface area contributed by atoms with Crippen LogP contribution in [0.25, 0.3) is 28.0 Å². The molecule has 0 saturated carbocycles. The Morgan fingerprint density at radius 2 is 1.77 bits per heavy atom. The number of hydrogen-bond donors (Lipinski definition) is 1.